The molecular formula is C11H12N2O. The Hall–Kier alpha value is -1.61. The fraction of sp³-hybridized carbons (Fsp3) is 0.182. The SMILES string of the molecule is c1ccc(CNCc2ncco2)cc1. The lowest BCUT2D eigenvalue weighted by atomic mass is 10.2. The van der Waals surface area contributed by atoms with E-state index in [2.05, 4.69) is 22.4 Å². The lowest BCUT2D eigenvalue weighted by Crippen LogP contribution is -2.12. The molecule has 0 fully saturated rings. The molecule has 1 aromatic carbocycles. The minimum Gasteiger partial charge on any atom is -0.448 e. The molecule has 0 bridgehead atoms. The van der Waals surface area contributed by atoms with Gasteiger partial charge in [0.05, 0.1) is 12.7 Å². The number of nitrogens with zero attached hydrogens (tertiary/aromatic N) is 1. The van der Waals surface area contributed by atoms with E-state index in [1.165, 1.54) is 5.56 Å². The third-order valence-corrected chi connectivity index (χ3v) is 1.93. The fourth-order valence-corrected chi connectivity index (χ4v) is 1.25. The van der Waals surface area contributed by atoms with Crippen molar-refractivity contribution in [2.75, 3.05) is 0 Å². The van der Waals surface area contributed by atoms with Gasteiger partial charge in [-0.05, 0) is 5.56 Å². The molecule has 2 rings (SSSR count). The number of benzene rings is 1. The molecule has 2 aromatic rings. The van der Waals surface area contributed by atoms with Crippen LogP contribution in [0.25, 0.3) is 0 Å². The van der Waals surface area contributed by atoms with Gasteiger partial charge in [0.1, 0.15) is 6.26 Å². The number of hydrogen-bond donors (Lipinski definition) is 1. The van der Waals surface area contributed by atoms with Gasteiger partial charge in [-0.1, -0.05) is 30.3 Å². The maximum atomic E-state index is 5.10. The Morgan fingerprint density at radius 3 is 2.71 bits per heavy atom. The second-order valence-electron chi connectivity index (χ2n) is 3.01. The zero-order valence-corrected chi connectivity index (χ0v) is 7.81. The Morgan fingerprint density at radius 1 is 1.14 bits per heavy atom. The van der Waals surface area contributed by atoms with Crippen LogP contribution in [-0.4, -0.2) is 4.98 Å². The maximum Gasteiger partial charge on any atom is 0.207 e. The first-order valence-electron chi connectivity index (χ1n) is 4.58. The minimum atomic E-state index is 0.669. The number of rotatable bonds is 4. The van der Waals surface area contributed by atoms with Crippen molar-refractivity contribution < 1.29 is 4.42 Å². The van der Waals surface area contributed by atoms with E-state index < -0.39 is 0 Å². The van der Waals surface area contributed by atoms with Crippen molar-refractivity contribution >= 4 is 0 Å². The number of aromatic nitrogens is 1. The summed E-state index contributed by atoms with van der Waals surface area (Å²) in [6, 6.07) is 10.2. The summed E-state index contributed by atoms with van der Waals surface area (Å²) in [6.07, 6.45) is 3.24. The molecule has 0 aliphatic carbocycles. The van der Waals surface area contributed by atoms with Gasteiger partial charge in [-0.3, -0.25) is 0 Å². The van der Waals surface area contributed by atoms with Crippen LogP contribution in [0.1, 0.15) is 11.5 Å². The highest BCUT2D eigenvalue weighted by atomic mass is 16.3. The molecular weight excluding hydrogens is 176 g/mol. The van der Waals surface area contributed by atoms with Crippen molar-refractivity contribution in [1.29, 1.82) is 0 Å². The molecule has 0 spiro atoms. The number of oxazole rings is 1. The molecule has 1 N–H and O–H groups in total. The first-order valence-corrected chi connectivity index (χ1v) is 4.58. The van der Waals surface area contributed by atoms with E-state index in [1.807, 2.05) is 18.2 Å². The van der Waals surface area contributed by atoms with Gasteiger partial charge in [0, 0.05) is 6.54 Å². The van der Waals surface area contributed by atoms with Gasteiger partial charge in [0.15, 0.2) is 0 Å². The first-order chi connectivity index (χ1) is 6.95. The predicted molar refractivity (Wildman–Crippen MR) is 53.5 cm³/mol. The zero-order chi connectivity index (χ0) is 9.64. The molecule has 1 heterocycles. The summed E-state index contributed by atoms with van der Waals surface area (Å²) in [5.41, 5.74) is 1.26. The molecule has 0 radical (unpaired) electrons. The Kier molecular flexibility index (Phi) is 2.93. The van der Waals surface area contributed by atoms with Crippen LogP contribution < -0.4 is 5.32 Å². The standard InChI is InChI=1S/C11H12N2O/c1-2-4-10(5-3-1)8-12-9-11-13-6-7-14-11/h1-7,12H,8-9H2. The summed E-state index contributed by atoms with van der Waals surface area (Å²) in [7, 11) is 0. The van der Waals surface area contributed by atoms with Crippen molar-refractivity contribution in [3.8, 4) is 0 Å². The van der Waals surface area contributed by atoms with Crippen LogP contribution in [0.15, 0.2) is 47.2 Å². The van der Waals surface area contributed by atoms with E-state index >= 15 is 0 Å². The quantitative estimate of drug-likeness (QED) is 0.797. The molecule has 0 atom stereocenters. The van der Waals surface area contributed by atoms with Gasteiger partial charge < -0.3 is 9.73 Å². The molecule has 0 unspecified atom stereocenters. The second kappa shape index (κ2) is 4.58. The molecule has 0 aliphatic rings. The van der Waals surface area contributed by atoms with Gasteiger partial charge in [0.25, 0.3) is 0 Å². The van der Waals surface area contributed by atoms with Crippen molar-refractivity contribution in [3.63, 3.8) is 0 Å². The van der Waals surface area contributed by atoms with E-state index in [9.17, 15) is 0 Å². The van der Waals surface area contributed by atoms with Gasteiger partial charge in [-0.15, -0.1) is 0 Å². The Labute approximate surface area is 82.8 Å². The molecule has 3 nitrogen and oxygen atoms in total. The fourth-order valence-electron chi connectivity index (χ4n) is 1.25. The maximum absolute atomic E-state index is 5.10. The summed E-state index contributed by atoms with van der Waals surface area (Å²) in [6.45, 7) is 1.51. The van der Waals surface area contributed by atoms with Crippen LogP contribution >= 0.6 is 0 Å². The largest absolute Gasteiger partial charge is 0.448 e. The number of nitrogens with one attached hydrogen (secondary N) is 1. The first kappa shape index (κ1) is 8.97. The Balaban J connectivity index is 1.79. The topological polar surface area (TPSA) is 38.1 Å². The number of hydrogen-bond acceptors (Lipinski definition) is 3. The van der Waals surface area contributed by atoms with Crippen LogP contribution in [0.2, 0.25) is 0 Å². The summed E-state index contributed by atoms with van der Waals surface area (Å²) < 4.78 is 5.10. The lowest BCUT2D eigenvalue weighted by Gasteiger charge is -2.01. The highest BCUT2D eigenvalue weighted by Crippen LogP contribution is 1.98. The smallest absolute Gasteiger partial charge is 0.207 e. The van der Waals surface area contributed by atoms with Crippen LogP contribution in [-0.2, 0) is 13.1 Å². The van der Waals surface area contributed by atoms with Crippen molar-refractivity contribution in [1.82, 2.24) is 10.3 Å². The van der Waals surface area contributed by atoms with Crippen molar-refractivity contribution in [3.05, 3.63) is 54.2 Å². The molecule has 0 saturated heterocycles. The van der Waals surface area contributed by atoms with E-state index in [1.54, 1.807) is 12.5 Å². The molecule has 1 aromatic heterocycles. The van der Waals surface area contributed by atoms with Gasteiger partial charge in [-0.25, -0.2) is 4.98 Å². The molecule has 0 saturated carbocycles. The highest BCUT2D eigenvalue weighted by molar-refractivity contribution is 5.14. The van der Waals surface area contributed by atoms with Crippen LogP contribution in [0.4, 0.5) is 0 Å². The summed E-state index contributed by atoms with van der Waals surface area (Å²) in [5.74, 6) is 0.723. The van der Waals surface area contributed by atoms with Crippen molar-refractivity contribution in [2.24, 2.45) is 0 Å². The molecule has 0 amide bonds. The summed E-state index contributed by atoms with van der Waals surface area (Å²) in [5, 5.41) is 3.25. The van der Waals surface area contributed by atoms with Gasteiger partial charge in [0.2, 0.25) is 5.89 Å². The highest BCUT2D eigenvalue weighted by Gasteiger charge is 1.95. The van der Waals surface area contributed by atoms with Gasteiger partial charge in [-0.2, -0.15) is 0 Å². The zero-order valence-electron chi connectivity index (χ0n) is 7.81. The van der Waals surface area contributed by atoms with Crippen LogP contribution in [0, 0.1) is 0 Å². The van der Waals surface area contributed by atoms with E-state index in [-0.39, 0.29) is 0 Å². The normalized spacial score (nSPS) is 10.3. The Morgan fingerprint density at radius 2 is 2.00 bits per heavy atom. The third-order valence-electron chi connectivity index (χ3n) is 1.93. The van der Waals surface area contributed by atoms with Crippen LogP contribution in [0.5, 0.6) is 0 Å². The summed E-state index contributed by atoms with van der Waals surface area (Å²) in [4.78, 5) is 4.02. The average molecular weight is 188 g/mol. The molecule has 14 heavy (non-hydrogen) atoms. The molecule has 72 valence electrons. The van der Waals surface area contributed by atoms with Crippen LogP contribution in [0.3, 0.4) is 0 Å². The Bertz CT molecular complexity index is 356. The lowest BCUT2D eigenvalue weighted by molar-refractivity contribution is 0.468. The molecule has 3 heteroatoms. The predicted octanol–water partition coefficient (Wildman–Crippen LogP) is 1.96. The second-order valence-corrected chi connectivity index (χ2v) is 3.01. The summed E-state index contributed by atoms with van der Waals surface area (Å²) >= 11 is 0. The van der Waals surface area contributed by atoms with E-state index in [0.29, 0.717) is 6.54 Å². The van der Waals surface area contributed by atoms with E-state index in [0.717, 1.165) is 12.4 Å². The average Bonchev–Trinajstić information content (AvgIpc) is 2.72. The van der Waals surface area contributed by atoms with E-state index in [4.69, 9.17) is 4.42 Å². The monoisotopic (exact) mass is 188 g/mol. The third kappa shape index (κ3) is 2.44. The minimum absolute atomic E-state index is 0.669. The molecule has 0 aliphatic heterocycles. The van der Waals surface area contributed by atoms with Crippen molar-refractivity contribution in [2.45, 2.75) is 13.1 Å². The van der Waals surface area contributed by atoms with Gasteiger partial charge >= 0.3 is 0 Å².